The van der Waals surface area contributed by atoms with Crippen molar-refractivity contribution < 1.29 is 31.1 Å². The van der Waals surface area contributed by atoms with E-state index in [0.29, 0.717) is 6.54 Å². The largest absolute Gasteiger partial charge is 0.482 e. The van der Waals surface area contributed by atoms with E-state index in [1.807, 2.05) is 6.92 Å². The standard InChI is InChI=1S/C21H22ClF3N2O4S/c1-14-5-2-3-10-27(14)32(29,30)17-7-4-6-15(11-17)20(28)26-18-12-16(22)8-9-19(18)31-13-21(23,24)25/h4,6-9,11-12,14H,2-3,5,10,13H2,1H3,(H,26,28). The highest BCUT2D eigenvalue weighted by atomic mass is 35.5. The predicted molar refractivity (Wildman–Crippen MR) is 115 cm³/mol. The van der Waals surface area contributed by atoms with Crippen LogP contribution in [0, 0.1) is 0 Å². The molecule has 0 bridgehead atoms. The summed E-state index contributed by atoms with van der Waals surface area (Å²) in [4.78, 5) is 12.7. The number of benzene rings is 2. The van der Waals surface area contributed by atoms with Crippen LogP contribution in [0.25, 0.3) is 0 Å². The molecule has 1 unspecified atom stereocenters. The summed E-state index contributed by atoms with van der Waals surface area (Å²) in [6.07, 6.45) is -2.09. The molecule has 1 N–H and O–H groups in total. The third-order valence-corrected chi connectivity index (χ3v) is 7.27. The number of anilines is 1. The second-order valence-electron chi connectivity index (χ2n) is 7.49. The quantitative estimate of drug-likeness (QED) is 0.611. The van der Waals surface area contributed by atoms with E-state index >= 15 is 0 Å². The number of nitrogens with one attached hydrogen (secondary N) is 1. The van der Waals surface area contributed by atoms with E-state index in [0.717, 1.165) is 19.3 Å². The van der Waals surface area contributed by atoms with E-state index in [1.54, 1.807) is 0 Å². The third-order valence-electron chi connectivity index (χ3n) is 5.03. The maximum absolute atomic E-state index is 13.1. The van der Waals surface area contributed by atoms with Crippen LogP contribution in [0.5, 0.6) is 5.75 Å². The number of rotatable bonds is 6. The van der Waals surface area contributed by atoms with Gasteiger partial charge in [0.2, 0.25) is 10.0 Å². The fourth-order valence-electron chi connectivity index (χ4n) is 3.44. The van der Waals surface area contributed by atoms with E-state index in [4.69, 9.17) is 16.3 Å². The number of piperidine rings is 1. The Labute approximate surface area is 189 Å². The number of hydrogen-bond donors (Lipinski definition) is 1. The van der Waals surface area contributed by atoms with Gasteiger partial charge in [-0.3, -0.25) is 4.79 Å². The van der Waals surface area contributed by atoms with Crippen molar-refractivity contribution in [1.29, 1.82) is 0 Å². The van der Waals surface area contributed by atoms with Gasteiger partial charge in [0.1, 0.15) is 5.75 Å². The van der Waals surface area contributed by atoms with Crippen LogP contribution in [-0.4, -0.2) is 44.0 Å². The number of carbonyl (C=O) groups excluding carboxylic acids is 1. The van der Waals surface area contributed by atoms with Crippen molar-refractivity contribution in [2.24, 2.45) is 0 Å². The maximum Gasteiger partial charge on any atom is 0.422 e. The molecule has 0 spiro atoms. The fraction of sp³-hybridized carbons (Fsp3) is 0.381. The summed E-state index contributed by atoms with van der Waals surface area (Å²) >= 11 is 5.91. The Kier molecular flexibility index (Phi) is 7.36. The van der Waals surface area contributed by atoms with Crippen molar-refractivity contribution >= 4 is 33.2 Å². The van der Waals surface area contributed by atoms with Gasteiger partial charge in [-0.15, -0.1) is 0 Å². The minimum absolute atomic E-state index is 0.0254. The molecule has 174 valence electrons. The smallest absolute Gasteiger partial charge is 0.422 e. The number of amides is 1. The van der Waals surface area contributed by atoms with Crippen LogP contribution in [0.1, 0.15) is 36.5 Å². The molecule has 3 rings (SSSR count). The Morgan fingerprint density at radius 2 is 1.97 bits per heavy atom. The van der Waals surface area contributed by atoms with Crippen LogP contribution < -0.4 is 10.1 Å². The molecule has 1 aliphatic heterocycles. The molecule has 2 aromatic carbocycles. The van der Waals surface area contributed by atoms with Gasteiger partial charge in [0.15, 0.2) is 6.61 Å². The molecule has 0 aliphatic carbocycles. The van der Waals surface area contributed by atoms with E-state index in [-0.39, 0.29) is 33.0 Å². The van der Waals surface area contributed by atoms with Crippen molar-refractivity contribution in [2.45, 2.75) is 43.3 Å². The van der Waals surface area contributed by atoms with E-state index in [1.165, 1.54) is 46.8 Å². The summed E-state index contributed by atoms with van der Waals surface area (Å²) < 4.78 is 69.9. The molecule has 1 amide bonds. The number of ether oxygens (including phenoxy) is 1. The molecule has 1 atom stereocenters. The first kappa shape index (κ1) is 24.3. The molecule has 1 aliphatic rings. The van der Waals surface area contributed by atoms with Crippen LogP contribution in [0.3, 0.4) is 0 Å². The molecule has 2 aromatic rings. The number of carbonyl (C=O) groups is 1. The van der Waals surface area contributed by atoms with Crippen LogP contribution in [-0.2, 0) is 10.0 Å². The second kappa shape index (κ2) is 9.68. The predicted octanol–water partition coefficient (Wildman–Crippen LogP) is 5.10. The van der Waals surface area contributed by atoms with Crippen molar-refractivity contribution in [3.8, 4) is 5.75 Å². The number of sulfonamides is 1. The van der Waals surface area contributed by atoms with Gasteiger partial charge in [-0.05, 0) is 56.2 Å². The average molecular weight is 491 g/mol. The summed E-state index contributed by atoms with van der Waals surface area (Å²) in [6, 6.07) is 9.15. The van der Waals surface area contributed by atoms with E-state index in [9.17, 15) is 26.4 Å². The highest BCUT2D eigenvalue weighted by Crippen LogP contribution is 2.31. The lowest BCUT2D eigenvalue weighted by Gasteiger charge is -2.32. The molecular weight excluding hydrogens is 469 g/mol. The molecule has 11 heteroatoms. The fourth-order valence-corrected chi connectivity index (χ4v) is 5.36. The maximum atomic E-state index is 13.1. The minimum Gasteiger partial charge on any atom is -0.482 e. The summed E-state index contributed by atoms with van der Waals surface area (Å²) in [7, 11) is -3.80. The highest BCUT2D eigenvalue weighted by molar-refractivity contribution is 7.89. The number of nitrogens with zero attached hydrogens (tertiary/aromatic N) is 1. The van der Waals surface area contributed by atoms with Gasteiger partial charge in [0, 0.05) is 23.2 Å². The highest BCUT2D eigenvalue weighted by Gasteiger charge is 2.31. The normalized spacial score (nSPS) is 17.7. The zero-order valence-corrected chi connectivity index (χ0v) is 18.7. The summed E-state index contributed by atoms with van der Waals surface area (Å²) in [5.74, 6) is -0.932. The molecule has 0 radical (unpaired) electrons. The zero-order valence-electron chi connectivity index (χ0n) is 17.2. The average Bonchev–Trinajstić information content (AvgIpc) is 2.73. The SMILES string of the molecule is CC1CCCCN1S(=O)(=O)c1cccc(C(=O)Nc2cc(Cl)ccc2OCC(F)(F)F)c1. The Bertz CT molecular complexity index is 1090. The lowest BCUT2D eigenvalue weighted by Crippen LogP contribution is -2.41. The monoisotopic (exact) mass is 490 g/mol. The van der Waals surface area contributed by atoms with Crippen molar-refractivity contribution in [3.05, 3.63) is 53.1 Å². The molecule has 1 heterocycles. The van der Waals surface area contributed by atoms with Gasteiger partial charge >= 0.3 is 6.18 Å². The molecule has 1 fully saturated rings. The molecule has 6 nitrogen and oxygen atoms in total. The minimum atomic E-state index is -4.56. The molecule has 32 heavy (non-hydrogen) atoms. The van der Waals surface area contributed by atoms with Gasteiger partial charge in [-0.25, -0.2) is 8.42 Å². The van der Waals surface area contributed by atoms with Gasteiger partial charge in [0.05, 0.1) is 10.6 Å². The van der Waals surface area contributed by atoms with Crippen LogP contribution in [0.4, 0.5) is 18.9 Å². The second-order valence-corrected chi connectivity index (χ2v) is 9.81. The number of halogens is 4. The Morgan fingerprint density at radius 1 is 1.22 bits per heavy atom. The first-order chi connectivity index (χ1) is 15.0. The molecule has 0 aromatic heterocycles. The summed E-state index contributed by atoms with van der Waals surface area (Å²) in [5.41, 5.74) is -0.0397. The van der Waals surface area contributed by atoms with Crippen molar-refractivity contribution in [3.63, 3.8) is 0 Å². The van der Waals surface area contributed by atoms with Gasteiger partial charge in [-0.2, -0.15) is 17.5 Å². The van der Waals surface area contributed by atoms with Crippen molar-refractivity contribution in [1.82, 2.24) is 4.31 Å². The van der Waals surface area contributed by atoms with Crippen LogP contribution in [0.15, 0.2) is 47.4 Å². The Hall–Kier alpha value is -2.30. The van der Waals surface area contributed by atoms with Gasteiger partial charge in [0.25, 0.3) is 5.91 Å². The lowest BCUT2D eigenvalue weighted by atomic mass is 10.1. The van der Waals surface area contributed by atoms with Crippen LogP contribution >= 0.6 is 11.6 Å². The topological polar surface area (TPSA) is 75.7 Å². The van der Waals surface area contributed by atoms with Crippen LogP contribution in [0.2, 0.25) is 5.02 Å². The van der Waals surface area contributed by atoms with Gasteiger partial charge < -0.3 is 10.1 Å². The molecule has 0 saturated carbocycles. The van der Waals surface area contributed by atoms with Crippen molar-refractivity contribution in [2.75, 3.05) is 18.5 Å². The summed E-state index contributed by atoms with van der Waals surface area (Å²) in [5, 5.41) is 2.62. The Balaban J connectivity index is 1.83. The lowest BCUT2D eigenvalue weighted by molar-refractivity contribution is -0.153. The van der Waals surface area contributed by atoms with E-state index in [2.05, 4.69) is 5.32 Å². The van der Waals surface area contributed by atoms with E-state index < -0.39 is 28.7 Å². The van der Waals surface area contributed by atoms with Gasteiger partial charge in [-0.1, -0.05) is 24.1 Å². The number of alkyl halides is 3. The zero-order chi connectivity index (χ0) is 23.5. The number of hydrogen-bond acceptors (Lipinski definition) is 4. The third kappa shape index (κ3) is 5.93. The summed E-state index contributed by atoms with van der Waals surface area (Å²) in [6.45, 7) is 0.705. The first-order valence-corrected chi connectivity index (χ1v) is 11.7. The first-order valence-electron chi connectivity index (χ1n) is 9.90. The molecule has 1 saturated heterocycles. The Morgan fingerprint density at radius 3 is 2.66 bits per heavy atom. The molecular formula is C21H22ClF3N2O4S.